The molecule has 0 amide bonds. The number of allylic oxidation sites excluding steroid dienone is 3. The maximum Gasteiger partial charge on any atom is 0.191 e. The topological polar surface area (TPSA) is 50.2 Å². The van der Waals surface area contributed by atoms with Gasteiger partial charge in [-0.1, -0.05) is 26.0 Å². The number of pyridine rings is 1. The summed E-state index contributed by atoms with van der Waals surface area (Å²) in [6, 6.07) is 9.84. The van der Waals surface area contributed by atoms with E-state index >= 15 is 0 Å². The average molecular weight is 265 g/mol. The summed E-state index contributed by atoms with van der Waals surface area (Å²) in [7, 11) is 0. The summed E-state index contributed by atoms with van der Waals surface area (Å²) < 4.78 is 0. The zero-order valence-electron chi connectivity index (χ0n) is 11.4. The number of benzene rings is 1. The molecule has 0 fully saturated rings. The second-order valence-corrected chi connectivity index (χ2v) is 5.26. The number of carbonyl (C=O) groups is 1. The fourth-order valence-electron chi connectivity index (χ4n) is 2.35. The molecule has 0 aliphatic heterocycles. The fraction of sp³-hybridized carbons (Fsp3) is 0.176. The maximum atomic E-state index is 11.7. The van der Waals surface area contributed by atoms with Gasteiger partial charge in [0.15, 0.2) is 5.78 Å². The Labute approximate surface area is 117 Å². The van der Waals surface area contributed by atoms with Crippen LogP contribution in [0.3, 0.4) is 0 Å². The monoisotopic (exact) mass is 265 g/mol. The van der Waals surface area contributed by atoms with Gasteiger partial charge in [0.25, 0.3) is 0 Å². The lowest BCUT2D eigenvalue weighted by atomic mass is 10.0. The van der Waals surface area contributed by atoms with Gasteiger partial charge in [0.1, 0.15) is 5.76 Å². The van der Waals surface area contributed by atoms with Crippen molar-refractivity contribution in [1.29, 1.82) is 0 Å². The third-order valence-electron chi connectivity index (χ3n) is 3.53. The van der Waals surface area contributed by atoms with E-state index in [4.69, 9.17) is 0 Å². The van der Waals surface area contributed by atoms with Gasteiger partial charge < -0.3 is 5.11 Å². The SMILES string of the molecule is CC(C)c1ccc2nc(C3=C(O)C=CC3=O)ccc2c1. The normalized spacial score (nSPS) is 14.8. The van der Waals surface area contributed by atoms with E-state index in [0.717, 1.165) is 10.9 Å². The number of nitrogens with zero attached hydrogens (tertiary/aromatic N) is 1. The lowest BCUT2D eigenvalue weighted by Crippen LogP contribution is -1.99. The first-order valence-electron chi connectivity index (χ1n) is 6.63. The molecule has 0 radical (unpaired) electrons. The van der Waals surface area contributed by atoms with Gasteiger partial charge in [0.2, 0.25) is 0 Å². The largest absolute Gasteiger partial charge is 0.507 e. The molecule has 0 unspecified atom stereocenters. The van der Waals surface area contributed by atoms with Crippen molar-refractivity contribution < 1.29 is 9.90 Å². The molecular weight excluding hydrogens is 250 g/mol. The Balaban J connectivity index is 2.11. The highest BCUT2D eigenvalue weighted by Gasteiger charge is 2.20. The minimum atomic E-state index is -0.201. The van der Waals surface area contributed by atoms with Gasteiger partial charge in [-0.15, -0.1) is 0 Å². The quantitative estimate of drug-likeness (QED) is 0.899. The van der Waals surface area contributed by atoms with Gasteiger partial charge in [-0.3, -0.25) is 4.79 Å². The van der Waals surface area contributed by atoms with E-state index in [1.165, 1.54) is 17.7 Å². The first kappa shape index (κ1) is 12.6. The van der Waals surface area contributed by atoms with Gasteiger partial charge in [0, 0.05) is 5.39 Å². The van der Waals surface area contributed by atoms with Crippen molar-refractivity contribution >= 4 is 22.3 Å². The number of fused-ring (bicyclic) bond motifs is 1. The Morgan fingerprint density at radius 1 is 1.10 bits per heavy atom. The van der Waals surface area contributed by atoms with E-state index in [1.807, 2.05) is 18.2 Å². The molecule has 1 aromatic carbocycles. The minimum absolute atomic E-state index is 0.0133. The van der Waals surface area contributed by atoms with Crippen LogP contribution in [0.5, 0.6) is 0 Å². The first-order valence-corrected chi connectivity index (χ1v) is 6.63. The number of aliphatic hydroxyl groups is 1. The van der Waals surface area contributed by atoms with E-state index in [9.17, 15) is 9.90 Å². The van der Waals surface area contributed by atoms with Crippen molar-refractivity contribution in [2.45, 2.75) is 19.8 Å². The maximum absolute atomic E-state index is 11.7. The lowest BCUT2D eigenvalue weighted by molar-refractivity contribution is -0.109. The van der Waals surface area contributed by atoms with Crippen LogP contribution in [0.4, 0.5) is 0 Å². The average Bonchev–Trinajstić information content (AvgIpc) is 2.77. The van der Waals surface area contributed by atoms with Crippen molar-refractivity contribution in [2.24, 2.45) is 0 Å². The highest BCUT2D eigenvalue weighted by molar-refractivity contribution is 6.29. The number of carbonyl (C=O) groups excluding carboxylic acids is 1. The summed E-state index contributed by atoms with van der Waals surface area (Å²) in [6.45, 7) is 4.29. The third kappa shape index (κ3) is 2.01. The Bertz CT molecular complexity index is 770. The molecule has 1 heterocycles. The van der Waals surface area contributed by atoms with Crippen LogP contribution in [0.1, 0.15) is 31.0 Å². The van der Waals surface area contributed by atoms with E-state index < -0.39 is 0 Å². The highest BCUT2D eigenvalue weighted by atomic mass is 16.3. The molecule has 20 heavy (non-hydrogen) atoms. The molecule has 100 valence electrons. The zero-order chi connectivity index (χ0) is 14.3. The zero-order valence-corrected chi connectivity index (χ0v) is 11.4. The number of ketones is 1. The summed E-state index contributed by atoms with van der Waals surface area (Å²) in [5.41, 5.74) is 2.88. The van der Waals surface area contributed by atoms with Crippen LogP contribution in [0.15, 0.2) is 48.2 Å². The Hall–Kier alpha value is -2.42. The van der Waals surface area contributed by atoms with Crippen LogP contribution in [-0.2, 0) is 4.79 Å². The molecule has 1 N–H and O–H groups in total. The molecule has 3 nitrogen and oxygen atoms in total. The van der Waals surface area contributed by atoms with E-state index in [-0.39, 0.29) is 17.1 Å². The smallest absolute Gasteiger partial charge is 0.191 e. The van der Waals surface area contributed by atoms with Gasteiger partial charge in [-0.05, 0) is 41.8 Å². The van der Waals surface area contributed by atoms with E-state index in [2.05, 4.69) is 24.9 Å². The number of hydrogen-bond acceptors (Lipinski definition) is 3. The van der Waals surface area contributed by atoms with E-state index in [0.29, 0.717) is 11.6 Å². The van der Waals surface area contributed by atoms with Crippen molar-refractivity contribution in [3.8, 4) is 0 Å². The molecule has 2 aromatic rings. The lowest BCUT2D eigenvalue weighted by Gasteiger charge is -2.08. The van der Waals surface area contributed by atoms with Crippen molar-refractivity contribution in [3.05, 3.63) is 59.5 Å². The van der Waals surface area contributed by atoms with E-state index in [1.54, 1.807) is 6.07 Å². The molecule has 1 aromatic heterocycles. The molecule has 0 spiro atoms. The van der Waals surface area contributed by atoms with Gasteiger partial charge in [-0.2, -0.15) is 0 Å². The molecule has 0 saturated carbocycles. The molecule has 0 saturated heterocycles. The van der Waals surface area contributed by atoms with Crippen molar-refractivity contribution in [2.75, 3.05) is 0 Å². The molecular formula is C17H15NO2. The molecule has 1 aliphatic rings. The number of rotatable bonds is 2. The molecule has 0 bridgehead atoms. The minimum Gasteiger partial charge on any atom is -0.507 e. The standard InChI is InChI=1S/C17H15NO2/c1-10(2)11-3-5-13-12(9-11)4-6-14(18-13)17-15(19)7-8-16(17)20/h3-10,19H,1-2H3. The second-order valence-electron chi connectivity index (χ2n) is 5.26. The van der Waals surface area contributed by atoms with Crippen molar-refractivity contribution in [3.63, 3.8) is 0 Å². The van der Waals surface area contributed by atoms with Crippen LogP contribution in [-0.4, -0.2) is 15.9 Å². The van der Waals surface area contributed by atoms with Gasteiger partial charge in [-0.25, -0.2) is 4.98 Å². The van der Waals surface area contributed by atoms with Crippen LogP contribution in [0.25, 0.3) is 16.5 Å². The first-order chi connectivity index (χ1) is 9.56. The molecule has 3 heteroatoms. The molecule has 3 rings (SSSR count). The van der Waals surface area contributed by atoms with Crippen LogP contribution in [0.2, 0.25) is 0 Å². The predicted molar refractivity (Wildman–Crippen MR) is 79.5 cm³/mol. The molecule has 0 atom stereocenters. The van der Waals surface area contributed by atoms with Gasteiger partial charge >= 0.3 is 0 Å². The predicted octanol–water partition coefficient (Wildman–Crippen LogP) is 3.77. The Kier molecular flexibility index (Phi) is 2.90. The number of aromatic nitrogens is 1. The number of hydrogen-bond donors (Lipinski definition) is 1. The Morgan fingerprint density at radius 3 is 2.55 bits per heavy atom. The van der Waals surface area contributed by atoms with Crippen LogP contribution >= 0.6 is 0 Å². The fourth-order valence-corrected chi connectivity index (χ4v) is 2.35. The summed E-state index contributed by atoms with van der Waals surface area (Å²) in [6.07, 6.45) is 2.77. The number of aliphatic hydroxyl groups excluding tert-OH is 1. The van der Waals surface area contributed by atoms with Crippen LogP contribution < -0.4 is 0 Å². The Morgan fingerprint density at radius 2 is 1.90 bits per heavy atom. The summed E-state index contributed by atoms with van der Waals surface area (Å²) in [5, 5.41) is 10.8. The van der Waals surface area contributed by atoms with Crippen LogP contribution in [0, 0.1) is 0 Å². The highest BCUT2D eigenvalue weighted by Crippen LogP contribution is 2.26. The van der Waals surface area contributed by atoms with Gasteiger partial charge in [0.05, 0.1) is 16.8 Å². The summed E-state index contributed by atoms with van der Waals surface area (Å²) in [4.78, 5) is 16.2. The molecule has 1 aliphatic carbocycles. The summed E-state index contributed by atoms with van der Waals surface area (Å²) in [5.74, 6) is 0.250. The van der Waals surface area contributed by atoms with Crippen molar-refractivity contribution in [1.82, 2.24) is 4.98 Å². The third-order valence-corrected chi connectivity index (χ3v) is 3.53. The second kappa shape index (κ2) is 4.60. The summed E-state index contributed by atoms with van der Waals surface area (Å²) >= 11 is 0.